The molecule has 0 radical (unpaired) electrons. The van der Waals surface area contributed by atoms with Crippen LogP contribution in [-0.2, 0) is 4.74 Å². The number of ether oxygens (including phenoxy) is 1. The number of alkyl halides is 21. The van der Waals surface area contributed by atoms with Crippen LogP contribution in [0.3, 0.4) is 0 Å². The minimum absolute atomic E-state index is 0.543. The molecule has 4 nitrogen and oxygen atoms in total. The summed E-state index contributed by atoms with van der Waals surface area (Å²) in [5, 5.41) is 10.9. The lowest BCUT2D eigenvalue weighted by atomic mass is 9.86. The van der Waals surface area contributed by atoms with E-state index in [1.54, 1.807) is 0 Å². The Morgan fingerprint density at radius 1 is 0.511 bits per heavy atom. The number of halogens is 21. The molecule has 0 saturated heterocycles. The van der Waals surface area contributed by atoms with E-state index in [4.69, 9.17) is 0 Å². The number of carbonyl (C=O) groups is 2. The highest BCUT2D eigenvalue weighted by atomic mass is 19.4. The molecule has 0 heterocycles. The van der Waals surface area contributed by atoms with Crippen LogP contribution < -0.4 is 5.11 Å². The van der Waals surface area contributed by atoms with Gasteiger partial charge in [-0.15, -0.1) is 0 Å². The summed E-state index contributed by atoms with van der Waals surface area (Å²) in [6, 6.07) is 2.91. The molecule has 0 fully saturated rings. The normalized spacial score (nSPS) is 15.2. The fraction of sp³-hybridized carbons (Fsp3) is 0.600. The Morgan fingerprint density at radius 3 is 1.16 bits per heavy atom. The zero-order chi connectivity index (χ0) is 36.3. The summed E-state index contributed by atoms with van der Waals surface area (Å²) < 4.78 is 284. The van der Waals surface area contributed by atoms with Gasteiger partial charge < -0.3 is 14.6 Å². The molecule has 0 aromatic heterocycles. The summed E-state index contributed by atoms with van der Waals surface area (Å²) in [6.45, 7) is -2.35. The molecule has 0 spiro atoms. The van der Waals surface area contributed by atoms with Gasteiger partial charge in [0.05, 0.1) is 24.6 Å². The molecule has 25 heteroatoms. The molecule has 0 aliphatic heterocycles. The zero-order valence-electron chi connectivity index (χ0n) is 20.3. The van der Waals surface area contributed by atoms with Gasteiger partial charge in [-0.3, -0.25) is 0 Å². The van der Waals surface area contributed by atoms with Gasteiger partial charge >= 0.3 is 65.4 Å². The van der Waals surface area contributed by atoms with Gasteiger partial charge in [0.15, 0.2) is 0 Å². The molecule has 1 aromatic rings. The maximum absolute atomic E-state index is 13.9. The average molecular weight is 711 g/mol. The number of aromatic carboxylic acids is 1. The van der Waals surface area contributed by atoms with Gasteiger partial charge in [0.2, 0.25) is 0 Å². The second-order valence-corrected chi connectivity index (χ2v) is 8.52. The molecule has 0 unspecified atom stereocenters. The van der Waals surface area contributed by atoms with Crippen LogP contribution in [0.5, 0.6) is 0 Å². The van der Waals surface area contributed by atoms with E-state index in [0.717, 1.165) is 12.1 Å². The Balaban J connectivity index is 3.50. The molecule has 0 bridgehead atoms. The van der Waals surface area contributed by atoms with Crippen molar-refractivity contribution in [3.05, 3.63) is 35.4 Å². The van der Waals surface area contributed by atoms with E-state index in [0.29, 0.717) is 12.1 Å². The van der Waals surface area contributed by atoms with Crippen molar-refractivity contribution in [2.75, 3.05) is 6.61 Å². The number of carbonyl (C=O) groups excluding carboxylic acids is 2. The molecular formula is C20H8F21O4-. The standard InChI is InChI=1S/C20H9F21O4/c21-11(22,5-6-45-10(44)8-4-2-1-3-7(8)9(42)43)12(23,24)13(25,26)14(27,28)15(29,30)16(31,32)17(33,34)18(35,36)19(37,38)20(39,40)41/h1-4H,5-6H2,(H,42,43)/p-1. The van der Waals surface area contributed by atoms with Crippen molar-refractivity contribution in [3.8, 4) is 0 Å². The van der Waals surface area contributed by atoms with Gasteiger partial charge in [-0.1, -0.05) is 18.2 Å². The van der Waals surface area contributed by atoms with Crippen LogP contribution >= 0.6 is 0 Å². The Kier molecular flexibility index (Phi) is 9.87. The topological polar surface area (TPSA) is 66.4 Å². The lowest BCUT2D eigenvalue weighted by molar-refractivity contribution is -0.474. The van der Waals surface area contributed by atoms with Gasteiger partial charge in [-0.2, -0.15) is 92.2 Å². The van der Waals surface area contributed by atoms with Crippen LogP contribution in [0.15, 0.2) is 24.3 Å². The molecule has 1 aromatic carbocycles. The highest BCUT2D eigenvalue weighted by molar-refractivity contribution is 6.01. The third-order valence-corrected chi connectivity index (χ3v) is 5.59. The first-order chi connectivity index (χ1) is 19.6. The summed E-state index contributed by atoms with van der Waals surface area (Å²) in [7, 11) is 0. The van der Waals surface area contributed by atoms with Crippen molar-refractivity contribution in [1.29, 1.82) is 0 Å². The molecule has 0 N–H and O–H groups in total. The minimum Gasteiger partial charge on any atom is -0.545 e. The predicted molar refractivity (Wildman–Crippen MR) is 96.3 cm³/mol. The Labute approximate surface area is 232 Å². The Bertz CT molecular complexity index is 1270. The first-order valence-corrected chi connectivity index (χ1v) is 10.5. The number of rotatable bonds is 13. The molecule has 0 atom stereocenters. The lowest BCUT2D eigenvalue weighted by Crippen LogP contribution is -2.76. The monoisotopic (exact) mass is 711 g/mol. The van der Waals surface area contributed by atoms with Crippen molar-refractivity contribution in [1.82, 2.24) is 0 Å². The molecule has 0 amide bonds. The van der Waals surface area contributed by atoms with Gasteiger partial charge in [0, 0.05) is 5.56 Å². The van der Waals surface area contributed by atoms with Crippen molar-refractivity contribution in [2.24, 2.45) is 0 Å². The fourth-order valence-corrected chi connectivity index (χ4v) is 2.94. The number of hydrogen-bond acceptors (Lipinski definition) is 4. The maximum atomic E-state index is 13.9. The van der Waals surface area contributed by atoms with Gasteiger partial charge in [0.25, 0.3) is 0 Å². The second-order valence-electron chi connectivity index (χ2n) is 8.52. The van der Waals surface area contributed by atoms with Crippen molar-refractivity contribution in [2.45, 2.75) is 65.9 Å². The highest BCUT2D eigenvalue weighted by Crippen LogP contribution is 2.66. The first kappa shape index (κ1) is 39.7. The number of benzene rings is 1. The van der Waals surface area contributed by atoms with E-state index in [-0.39, 0.29) is 0 Å². The minimum atomic E-state index is -9.28. The van der Waals surface area contributed by atoms with Crippen LogP contribution in [0.25, 0.3) is 0 Å². The molecule has 0 saturated carbocycles. The summed E-state index contributed by atoms with van der Waals surface area (Å²) >= 11 is 0. The SMILES string of the molecule is O=C([O-])c1ccccc1C(=O)OCCC(F)(F)C(F)(F)C(F)(F)C(F)(F)C(F)(F)C(F)(F)C(F)(F)C(F)(F)C(F)(F)C(F)(F)F. The summed E-state index contributed by atoms with van der Waals surface area (Å²) in [5.74, 6) is -82.4. The summed E-state index contributed by atoms with van der Waals surface area (Å²) in [6.07, 6.45) is -11.2. The van der Waals surface area contributed by atoms with Crippen LogP contribution in [0.1, 0.15) is 27.1 Å². The van der Waals surface area contributed by atoms with Gasteiger partial charge in [-0.05, 0) is 6.07 Å². The number of hydrogen-bond donors (Lipinski definition) is 0. The molecular weight excluding hydrogens is 703 g/mol. The molecule has 45 heavy (non-hydrogen) atoms. The van der Waals surface area contributed by atoms with Crippen LogP contribution in [-0.4, -0.2) is 78.0 Å². The highest BCUT2D eigenvalue weighted by Gasteiger charge is 2.97. The molecule has 0 aliphatic rings. The fourth-order valence-electron chi connectivity index (χ4n) is 2.94. The Morgan fingerprint density at radius 2 is 0.822 bits per heavy atom. The predicted octanol–water partition coefficient (Wildman–Crippen LogP) is 6.88. The first-order valence-electron chi connectivity index (χ1n) is 10.5. The van der Waals surface area contributed by atoms with Gasteiger partial charge in [0.1, 0.15) is 0 Å². The van der Waals surface area contributed by atoms with E-state index < -0.39 is 95.6 Å². The number of esters is 1. The van der Waals surface area contributed by atoms with Crippen LogP contribution in [0.4, 0.5) is 92.2 Å². The molecule has 0 aliphatic carbocycles. The maximum Gasteiger partial charge on any atom is 0.460 e. The van der Waals surface area contributed by atoms with E-state index in [9.17, 15) is 107 Å². The van der Waals surface area contributed by atoms with Crippen LogP contribution in [0.2, 0.25) is 0 Å². The van der Waals surface area contributed by atoms with Crippen molar-refractivity contribution in [3.63, 3.8) is 0 Å². The zero-order valence-corrected chi connectivity index (χ0v) is 20.3. The van der Waals surface area contributed by atoms with E-state index >= 15 is 0 Å². The number of carboxylic acid groups (broad SMARTS) is 1. The summed E-state index contributed by atoms with van der Waals surface area (Å²) in [4.78, 5) is 22.6. The van der Waals surface area contributed by atoms with E-state index in [2.05, 4.69) is 4.74 Å². The third-order valence-electron chi connectivity index (χ3n) is 5.59. The van der Waals surface area contributed by atoms with Crippen LogP contribution in [0, 0.1) is 0 Å². The number of carboxylic acids is 1. The lowest BCUT2D eigenvalue weighted by Gasteiger charge is -2.44. The Hall–Kier alpha value is -3.31. The van der Waals surface area contributed by atoms with E-state index in [1.165, 1.54) is 0 Å². The van der Waals surface area contributed by atoms with E-state index in [1.807, 2.05) is 0 Å². The molecule has 260 valence electrons. The van der Waals surface area contributed by atoms with Crippen molar-refractivity contribution >= 4 is 11.9 Å². The molecule has 1 rings (SSSR count). The quantitative estimate of drug-likeness (QED) is 0.166. The second kappa shape index (κ2) is 11.2. The smallest absolute Gasteiger partial charge is 0.460 e. The largest absolute Gasteiger partial charge is 0.545 e. The average Bonchev–Trinajstić information content (AvgIpc) is 2.86. The van der Waals surface area contributed by atoms with Crippen molar-refractivity contribution < 1.29 is 112 Å². The summed E-state index contributed by atoms with van der Waals surface area (Å²) in [5.41, 5.74) is -2.19. The third kappa shape index (κ3) is 5.67. The van der Waals surface area contributed by atoms with Gasteiger partial charge in [-0.25, -0.2) is 4.79 Å².